The van der Waals surface area contributed by atoms with Crippen LogP contribution in [0, 0.1) is 0 Å². The largest absolute Gasteiger partial charge is 0.379 e. The van der Waals surface area contributed by atoms with Crippen LogP contribution in [0.2, 0.25) is 10.0 Å². The zero-order chi connectivity index (χ0) is 14.5. The standard InChI is InChI=1S/C15H23Cl2NO/c1-5-18-11(10-15(2,3)19-4)9-12-13(16)7-6-8-14(12)17/h6-8,11,18H,5,9-10H2,1-4H3. The average molecular weight is 304 g/mol. The maximum absolute atomic E-state index is 6.24. The van der Waals surface area contributed by atoms with Gasteiger partial charge < -0.3 is 10.1 Å². The second-order valence-corrected chi connectivity index (χ2v) is 6.14. The summed E-state index contributed by atoms with van der Waals surface area (Å²) >= 11 is 12.5. The van der Waals surface area contributed by atoms with Gasteiger partial charge in [0.15, 0.2) is 0 Å². The topological polar surface area (TPSA) is 21.3 Å². The summed E-state index contributed by atoms with van der Waals surface area (Å²) in [6, 6.07) is 5.92. The molecule has 1 unspecified atom stereocenters. The lowest BCUT2D eigenvalue weighted by Gasteiger charge is -2.29. The molecule has 0 aliphatic rings. The van der Waals surface area contributed by atoms with Crippen molar-refractivity contribution in [1.29, 1.82) is 0 Å². The van der Waals surface area contributed by atoms with E-state index < -0.39 is 0 Å². The molecule has 1 rings (SSSR count). The van der Waals surface area contributed by atoms with E-state index in [1.54, 1.807) is 7.11 Å². The van der Waals surface area contributed by atoms with E-state index in [1.165, 1.54) is 0 Å². The van der Waals surface area contributed by atoms with Crippen molar-refractivity contribution in [3.8, 4) is 0 Å². The van der Waals surface area contributed by atoms with Gasteiger partial charge in [-0.1, -0.05) is 36.2 Å². The Morgan fingerprint density at radius 3 is 2.32 bits per heavy atom. The molecule has 0 bridgehead atoms. The molecular formula is C15H23Cl2NO. The summed E-state index contributed by atoms with van der Waals surface area (Å²) < 4.78 is 5.51. The summed E-state index contributed by atoms with van der Waals surface area (Å²) in [4.78, 5) is 0. The highest BCUT2D eigenvalue weighted by Crippen LogP contribution is 2.27. The molecule has 2 nitrogen and oxygen atoms in total. The van der Waals surface area contributed by atoms with Crippen molar-refractivity contribution in [3.63, 3.8) is 0 Å². The number of hydrogen-bond donors (Lipinski definition) is 1. The number of rotatable bonds is 7. The molecule has 0 saturated carbocycles. The summed E-state index contributed by atoms with van der Waals surface area (Å²) in [6.07, 6.45) is 1.71. The fourth-order valence-corrected chi connectivity index (χ4v) is 2.71. The third-order valence-corrected chi connectivity index (χ3v) is 4.00. The van der Waals surface area contributed by atoms with Gasteiger partial charge in [-0.05, 0) is 50.9 Å². The lowest BCUT2D eigenvalue weighted by Crippen LogP contribution is -2.39. The number of hydrogen-bond acceptors (Lipinski definition) is 2. The Hall–Kier alpha value is -0.280. The lowest BCUT2D eigenvalue weighted by molar-refractivity contribution is 0.00727. The predicted molar refractivity (Wildman–Crippen MR) is 83.3 cm³/mol. The number of ether oxygens (including phenoxy) is 1. The zero-order valence-corrected chi connectivity index (χ0v) is 13.6. The second-order valence-electron chi connectivity index (χ2n) is 5.33. The van der Waals surface area contributed by atoms with Crippen LogP contribution in [0.15, 0.2) is 18.2 Å². The van der Waals surface area contributed by atoms with Crippen molar-refractivity contribution in [2.45, 2.75) is 45.3 Å². The zero-order valence-electron chi connectivity index (χ0n) is 12.1. The summed E-state index contributed by atoms with van der Waals surface area (Å²) in [5.41, 5.74) is 0.837. The molecule has 1 aromatic carbocycles. The Morgan fingerprint density at radius 1 is 1.26 bits per heavy atom. The van der Waals surface area contributed by atoms with E-state index in [2.05, 4.69) is 26.1 Å². The van der Waals surface area contributed by atoms with Crippen molar-refractivity contribution in [2.24, 2.45) is 0 Å². The van der Waals surface area contributed by atoms with E-state index in [-0.39, 0.29) is 11.6 Å². The van der Waals surface area contributed by atoms with Crippen molar-refractivity contribution in [1.82, 2.24) is 5.32 Å². The van der Waals surface area contributed by atoms with Crippen LogP contribution < -0.4 is 5.32 Å². The monoisotopic (exact) mass is 303 g/mol. The van der Waals surface area contributed by atoms with Gasteiger partial charge in [-0.2, -0.15) is 0 Å². The normalized spacial score (nSPS) is 13.6. The van der Waals surface area contributed by atoms with E-state index >= 15 is 0 Å². The number of halogens is 2. The first kappa shape index (κ1) is 16.8. The Bertz CT molecular complexity index is 387. The number of nitrogens with one attached hydrogen (secondary N) is 1. The van der Waals surface area contributed by atoms with Crippen LogP contribution in [0.25, 0.3) is 0 Å². The van der Waals surface area contributed by atoms with Crippen molar-refractivity contribution >= 4 is 23.2 Å². The first-order chi connectivity index (χ1) is 8.89. The van der Waals surface area contributed by atoms with Gasteiger partial charge in [0.05, 0.1) is 5.60 Å². The summed E-state index contributed by atoms with van der Waals surface area (Å²) in [5, 5.41) is 4.93. The SMILES string of the molecule is CCNC(Cc1c(Cl)cccc1Cl)CC(C)(C)OC. The minimum absolute atomic E-state index is 0.166. The molecule has 0 aromatic heterocycles. The van der Waals surface area contributed by atoms with Gasteiger partial charge in [-0.3, -0.25) is 0 Å². The molecule has 0 saturated heterocycles. The Balaban J connectivity index is 2.84. The van der Waals surface area contributed by atoms with Crippen LogP contribution in [-0.4, -0.2) is 25.3 Å². The second kappa shape index (κ2) is 7.49. The Kier molecular flexibility index (Phi) is 6.61. The average Bonchev–Trinajstić information content (AvgIpc) is 2.34. The molecule has 0 radical (unpaired) electrons. The van der Waals surface area contributed by atoms with Gasteiger partial charge in [0.25, 0.3) is 0 Å². The molecule has 4 heteroatoms. The van der Waals surface area contributed by atoms with Crippen LogP contribution in [-0.2, 0) is 11.2 Å². The highest BCUT2D eigenvalue weighted by atomic mass is 35.5. The molecule has 0 spiro atoms. The maximum atomic E-state index is 6.24. The predicted octanol–water partition coefficient (Wildman–Crippen LogP) is 4.33. The molecule has 108 valence electrons. The van der Waals surface area contributed by atoms with Crippen LogP contribution in [0.3, 0.4) is 0 Å². The van der Waals surface area contributed by atoms with Gasteiger partial charge in [0.2, 0.25) is 0 Å². The smallest absolute Gasteiger partial charge is 0.0637 e. The fourth-order valence-electron chi connectivity index (χ4n) is 2.16. The molecule has 0 aliphatic carbocycles. The third kappa shape index (κ3) is 5.31. The van der Waals surface area contributed by atoms with E-state index in [1.807, 2.05) is 18.2 Å². The highest BCUT2D eigenvalue weighted by Gasteiger charge is 2.23. The summed E-state index contributed by atoms with van der Waals surface area (Å²) in [5.74, 6) is 0. The van der Waals surface area contributed by atoms with Gasteiger partial charge >= 0.3 is 0 Å². The first-order valence-corrected chi connectivity index (χ1v) is 7.36. The van der Waals surface area contributed by atoms with Gasteiger partial charge in [0.1, 0.15) is 0 Å². The molecule has 1 atom stereocenters. The molecule has 19 heavy (non-hydrogen) atoms. The summed E-state index contributed by atoms with van der Waals surface area (Å²) in [6.45, 7) is 7.19. The van der Waals surface area contributed by atoms with Crippen LogP contribution in [0.4, 0.5) is 0 Å². The van der Waals surface area contributed by atoms with Crippen molar-refractivity contribution < 1.29 is 4.74 Å². The van der Waals surface area contributed by atoms with Crippen LogP contribution in [0.1, 0.15) is 32.8 Å². The van der Waals surface area contributed by atoms with E-state index in [0.717, 1.165) is 35.0 Å². The number of benzene rings is 1. The molecule has 1 N–H and O–H groups in total. The lowest BCUT2D eigenvalue weighted by atomic mass is 9.94. The van der Waals surface area contributed by atoms with Crippen LogP contribution in [0.5, 0.6) is 0 Å². The number of methoxy groups -OCH3 is 1. The molecule has 0 aliphatic heterocycles. The maximum Gasteiger partial charge on any atom is 0.0637 e. The van der Waals surface area contributed by atoms with Crippen molar-refractivity contribution in [3.05, 3.63) is 33.8 Å². The Labute approximate surface area is 126 Å². The minimum atomic E-state index is -0.166. The first-order valence-electron chi connectivity index (χ1n) is 6.61. The van der Waals surface area contributed by atoms with Gasteiger partial charge in [-0.15, -0.1) is 0 Å². The molecular weight excluding hydrogens is 281 g/mol. The van der Waals surface area contributed by atoms with E-state index in [0.29, 0.717) is 0 Å². The number of likely N-dealkylation sites (N-methyl/N-ethyl adjacent to an activating group) is 1. The molecule has 1 aromatic rings. The molecule has 0 amide bonds. The van der Waals surface area contributed by atoms with Gasteiger partial charge in [0, 0.05) is 23.2 Å². The van der Waals surface area contributed by atoms with E-state index in [9.17, 15) is 0 Å². The van der Waals surface area contributed by atoms with Crippen LogP contribution >= 0.6 is 23.2 Å². The molecule has 0 fully saturated rings. The minimum Gasteiger partial charge on any atom is -0.379 e. The fraction of sp³-hybridized carbons (Fsp3) is 0.600. The highest BCUT2D eigenvalue weighted by molar-refractivity contribution is 6.36. The van der Waals surface area contributed by atoms with E-state index in [4.69, 9.17) is 27.9 Å². The summed E-state index contributed by atoms with van der Waals surface area (Å²) in [7, 11) is 1.74. The molecule has 0 heterocycles. The third-order valence-electron chi connectivity index (χ3n) is 3.30. The van der Waals surface area contributed by atoms with Crippen molar-refractivity contribution in [2.75, 3.05) is 13.7 Å². The Morgan fingerprint density at radius 2 is 1.84 bits per heavy atom. The van der Waals surface area contributed by atoms with Gasteiger partial charge in [-0.25, -0.2) is 0 Å². The quantitative estimate of drug-likeness (QED) is 0.809.